The third-order valence-corrected chi connectivity index (χ3v) is 3.49. The summed E-state index contributed by atoms with van der Waals surface area (Å²) >= 11 is 4.98. The maximum atomic E-state index is 11.9. The summed E-state index contributed by atoms with van der Waals surface area (Å²) in [5, 5.41) is 2.86. The maximum absolute atomic E-state index is 11.9. The fourth-order valence-electron chi connectivity index (χ4n) is 2.47. The first-order valence-electron chi connectivity index (χ1n) is 6.38. The van der Waals surface area contributed by atoms with Crippen molar-refractivity contribution in [3.63, 3.8) is 0 Å². The molecule has 98 valence electrons. The van der Waals surface area contributed by atoms with Crippen LogP contribution in [0.3, 0.4) is 0 Å². The number of thiocarbonyl (C=S) groups is 1. The smallest absolute Gasteiger partial charge is 0.237 e. The summed E-state index contributed by atoms with van der Waals surface area (Å²) < 4.78 is 0. The number of hydrogen-bond acceptors (Lipinski definition) is 3. The summed E-state index contributed by atoms with van der Waals surface area (Å²) in [6, 6.07) is 0.300. The lowest BCUT2D eigenvalue weighted by Gasteiger charge is -2.33. The lowest BCUT2D eigenvalue weighted by molar-refractivity contribution is -0.126. The Labute approximate surface area is 109 Å². The first kappa shape index (κ1) is 14.4. The van der Waals surface area contributed by atoms with Crippen LogP contribution in [0.2, 0.25) is 0 Å². The van der Waals surface area contributed by atoms with Gasteiger partial charge in [0.15, 0.2) is 0 Å². The number of carbonyl (C=O) groups excluding carboxylic acids is 1. The molecule has 3 N–H and O–H groups in total. The zero-order valence-electron chi connectivity index (χ0n) is 10.7. The molecular weight excluding hydrogens is 234 g/mol. The minimum absolute atomic E-state index is 0.0654. The topological polar surface area (TPSA) is 58.4 Å². The van der Waals surface area contributed by atoms with Gasteiger partial charge in [-0.05, 0) is 26.7 Å². The van der Waals surface area contributed by atoms with Crippen LogP contribution in [-0.2, 0) is 4.79 Å². The Morgan fingerprint density at radius 2 is 2.12 bits per heavy atom. The molecule has 1 aliphatic rings. The summed E-state index contributed by atoms with van der Waals surface area (Å²) in [4.78, 5) is 14.5. The molecule has 0 aromatic carbocycles. The molecule has 1 fully saturated rings. The van der Waals surface area contributed by atoms with Crippen molar-refractivity contribution in [1.29, 1.82) is 0 Å². The third kappa shape index (κ3) is 4.24. The van der Waals surface area contributed by atoms with Gasteiger partial charge in [-0.2, -0.15) is 0 Å². The van der Waals surface area contributed by atoms with Crippen LogP contribution in [0.4, 0.5) is 0 Å². The van der Waals surface area contributed by atoms with Crippen LogP contribution in [0.15, 0.2) is 0 Å². The molecule has 1 unspecified atom stereocenters. The van der Waals surface area contributed by atoms with E-state index in [2.05, 4.69) is 10.2 Å². The van der Waals surface area contributed by atoms with Gasteiger partial charge < -0.3 is 11.1 Å². The number of likely N-dealkylation sites (N-methyl/N-ethyl adjacent to an activating group) is 1. The highest BCUT2D eigenvalue weighted by molar-refractivity contribution is 7.80. The van der Waals surface area contributed by atoms with Crippen LogP contribution in [0.25, 0.3) is 0 Å². The number of amides is 1. The number of nitrogens with one attached hydrogen (secondary N) is 1. The average Bonchev–Trinajstić information content (AvgIpc) is 2.78. The number of carbonyl (C=O) groups is 1. The standard InChI is InChI=1S/C12H23N3OS/c1-3-14-12(16)9(2)15(8-11(13)17)10-6-4-5-7-10/h9-10H,3-8H2,1-2H3,(H2,13,17)(H,14,16). The number of nitrogens with zero attached hydrogens (tertiary/aromatic N) is 1. The molecule has 0 aromatic rings. The molecule has 0 aromatic heterocycles. The van der Waals surface area contributed by atoms with E-state index in [1.165, 1.54) is 12.8 Å². The SMILES string of the molecule is CCNC(=O)C(C)N(CC(N)=S)C1CCCC1. The van der Waals surface area contributed by atoms with Crippen LogP contribution >= 0.6 is 12.2 Å². The van der Waals surface area contributed by atoms with Crippen molar-refractivity contribution in [3.8, 4) is 0 Å². The van der Waals surface area contributed by atoms with E-state index in [4.69, 9.17) is 18.0 Å². The van der Waals surface area contributed by atoms with Gasteiger partial charge in [-0.15, -0.1) is 0 Å². The highest BCUT2D eigenvalue weighted by Crippen LogP contribution is 2.24. The molecule has 1 atom stereocenters. The predicted molar refractivity (Wildman–Crippen MR) is 73.9 cm³/mol. The van der Waals surface area contributed by atoms with Crippen molar-refractivity contribution in [2.45, 2.75) is 51.6 Å². The molecule has 0 bridgehead atoms. The van der Waals surface area contributed by atoms with Crippen LogP contribution in [0.1, 0.15) is 39.5 Å². The lowest BCUT2D eigenvalue weighted by Crippen LogP contribution is -2.51. The summed E-state index contributed by atoms with van der Waals surface area (Å²) in [7, 11) is 0. The van der Waals surface area contributed by atoms with E-state index in [0.29, 0.717) is 24.1 Å². The summed E-state index contributed by atoms with van der Waals surface area (Å²) in [6.07, 6.45) is 4.76. The summed E-state index contributed by atoms with van der Waals surface area (Å²) in [5.74, 6) is 0.0654. The molecule has 0 saturated heterocycles. The van der Waals surface area contributed by atoms with E-state index in [1.54, 1.807) is 0 Å². The molecule has 0 spiro atoms. The van der Waals surface area contributed by atoms with Gasteiger partial charge in [-0.1, -0.05) is 25.1 Å². The Balaban J connectivity index is 2.66. The van der Waals surface area contributed by atoms with E-state index in [1.807, 2.05) is 13.8 Å². The number of hydrogen-bond donors (Lipinski definition) is 2. The van der Waals surface area contributed by atoms with E-state index in [9.17, 15) is 4.79 Å². The van der Waals surface area contributed by atoms with E-state index < -0.39 is 0 Å². The Morgan fingerprint density at radius 3 is 2.59 bits per heavy atom. The van der Waals surface area contributed by atoms with E-state index >= 15 is 0 Å². The molecule has 1 aliphatic carbocycles. The second-order valence-corrected chi connectivity index (χ2v) is 5.17. The van der Waals surface area contributed by atoms with Crippen molar-refractivity contribution in [1.82, 2.24) is 10.2 Å². The lowest BCUT2D eigenvalue weighted by atomic mass is 10.1. The van der Waals surface area contributed by atoms with E-state index in [0.717, 1.165) is 12.8 Å². The zero-order valence-corrected chi connectivity index (χ0v) is 11.6. The van der Waals surface area contributed by atoms with Gasteiger partial charge in [-0.3, -0.25) is 9.69 Å². The molecule has 1 rings (SSSR count). The first-order chi connectivity index (χ1) is 8.06. The van der Waals surface area contributed by atoms with Gasteiger partial charge in [0.1, 0.15) is 0 Å². The monoisotopic (exact) mass is 257 g/mol. The third-order valence-electron chi connectivity index (χ3n) is 3.36. The Kier molecular flexibility index (Phi) is 5.85. The Bertz CT molecular complexity index is 277. The van der Waals surface area contributed by atoms with Gasteiger partial charge in [0.25, 0.3) is 0 Å². The molecule has 1 saturated carbocycles. The summed E-state index contributed by atoms with van der Waals surface area (Å²) in [5.41, 5.74) is 5.63. The minimum atomic E-state index is -0.153. The van der Waals surface area contributed by atoms with Gasteiger partial charge in [-0.25, -0.2) is 0 Å². The normalized spacial score (nSPS) is 18.3. The molecule has 0 aliphatic heterocycles. The molecule has 1 amide bonds. The first-order valence-corrected chi connectivity index (χ1v) is 6.78. The van der Waals surface area contributed by atoms with E-state index in [-0.39, 0.29) is 11.9 Å². The fourth-order valence-corrected chi connectivity index (χ4v) is 2.62. The Morgan fingerprint density at radius 1 is 1.53 bits per heavy atom. The number of rotatable bonds is 6. The molecule has 0 heterocycles. The van der Waals surface area contributed by atoms with Crippen molar-refractivity contribution in [3.05, 3.63) is 0 Å². The minimum Gasteiger partial charge on any atom is -0.392 e. The molecule has 4 nitrogen and oxygen atoms in total. The molecule has 5 heteroatoms. The second kappa shape index (κ2) is 6.91. The van der Waals surface area contributed by atoms with Gasteiger partial charge in [0, 0.05) is 19.1 Å². The van der Waals surface area contributed by atoms with Crippen LogP contribution < -0.4 is 11.1 Å². The zero-order chi connectivity index (χ0) is 12.8. The maximum Gasteiger partial charge on any atom is 0.237 e. The van der Waals surface area contributed by atoms with Crippen LogP contribution in [0.5, 0.6) is 0 Å². The van der Waals surface area contributed by atoms with Gasteiger partial charge in [0.2, 0.25) is 5.91 Å². The number of nitrogens with two attached hydrogens (primary N) is 1. The van der Waals surface area contributed by atoms with Crippen molar-refractivity contribution in [2.75, 3.05) is 13.1 Å². The largest absolute Gasteiger partial charge is 0.392 e. The average molecular weight is 257 g/mol. The van der Waals surface area contributed by atoms with Gasteiger partial charge in [0.05, 0.1) is 11.0 Å². The van der Waals surface area contributed by atoms with Gasteiger partial charge >= 0.3 is 0 Å². The molecular formula is C12H23N3OS. The van der Waals surface area contributed by atoms with Crippen LogP contribution in [-0.4, -0.2) is 41.0 Å². The fraction of sp³-hybridized carbons (Fsp3) is 0.833. The highest BCUT2D eigenvalue weighted by Gasteiger charge is 2.30. The molecule has 0 radical (unpaired) electrons. The summed E-state index contributed by atoms with van der Waals surface area (Å²) in [6.45, 7) is 5.06. The predicted octanol–water partition coefficient (Wildman–Crippen LogP) is 1.04. The van der Waals surface area contributed by atoms with Crippen LogP contribution in [0, 0.1) is 0 Å². The van der Waals surface area contributed by atoms with Crippen molar-refractivity contribution >= 4 is 23.1 Å². The highest BCUT2D eigenvalue weighted by atomic mass is 32.1. The second-order valence-electron chi connectivity index (χ2n) is 4.65. The molecule has 17 heavy (non-hydrogen) atoms. The Hall–Kier alpha value is -0.680. The quantitative estimate of drug-likeness (QED) is 0.698. The van der Waals surface area contributed by atoms with Crippen molar-refractivity contribution < 1.29 is 4.79 Å². The van der Waals surface area contributed by atoms with Crippen molar-refractivity contribution in [2.24, 2.45) is 5.73 Å².